The molecule has 1 aromatic carbocycles. The maximum atomic E-state index is 12.5. The van der Waals surface area contributed by atoms with E-state index in [1.165, 1.54) is 4.90 Å². The summed E-state index contributed by atoms with van der Waals surface area (Å²) < 4.78 is 1.23. The Bertz CT molecular complexity index is 655. The molecule has 1 amide bonds. The molecule has 0 aliphatic carbocycles. The molecule has 1 aliphatic heterocycles. The van der Waals surface area contributed by atoms with Gasteiger partial charge in [-0.3, -0.25) is 9.69 Å². The van der Waals surface area contributed by atoms with Crippen molar-refractivity contribution >= 4 is 62.2 Å². The van der Waals surface area contributed by atoms with Crippen LogP contribution < -0.4 is 0 Å². The number of carbonyl (C=O) groups is 2. The Morgan fingerprint density at radius 2 is 1.95 bits per heavy atom. The fourth-order valence-electron chi connectivity index (χ4n) is 2.12. The van der Waals surface area contributed by atoms with E-state index in [1.807, 2.05) is 24.3 Å². The van der Waals surface area contributed by atoms with Crippen LogP contribution in [0.25, 0.3) is 6.08 Å². The Labute approximate surface area is 146 Å². The molecule has 22 heavy (non-hydrogen) atoms. The summed E-state index contributed by atoms with van der Waals surface area (Å²) >= 11 is 9.69. The second kappa shape index (κ2) is 6.93. The quantitative estimate of drug-likeness (QED) is 0.616. The predicted octanol–water partition coefficient (Wildman–Crippen LogP) is 3.76. The van der Waals surface area contributed by atoms with E-state index >= 15 is 0 Å². The number of benzene rings is 1. The van der Waals surface area contributed by atoms with E-state index in [2.05, 4.69) is 15.9 Å². The van der Waals surface area contributed by atoms with Crippen molar-refractivity contribution in [3.05, 3.63) is 39.2 Å². The molecule has 116 valence electrons. The molecule has 2 rings (SSSR count). The summed E-state index contributed by atoms with van der Waals surface area (Å²) in [5, 5.41) is 9.36. The minimum absolute atomic E-state index is 0.230. The second-order valence-electron chi connectivity index (χ2n) is 5.13. The van der Waals surface area contributed by atoms with Gasteiger partial charge in [-0.1, -0.05) is 65.9 Å². The molecule has 1 saturated heterocycles. The SMILES string of the molecule is CC(C)[C@H](C(=O)O)N1C(=O)/C(=C/c2ccc(Br)cc2)SC1=S. The van der Waals surface area contributed by atoms with Crippen LogP contribution >= 0.6 is 39.9 Å². The largest absolute Gasteiger partial charge is 0.480 e. The Balaban J connectivity index is 2.32. The minimum Gasteiger partial charge on any atom is -0.480 e. The fourth-order valence-corrected chi connectivity index (χ4v) is 3.72. The zero-order valence-electron chi connectivity index (χ0n) is 11.9. The lowest BCUT2D eigenvalue weighted by atomic mass is 10.0. The first kappa shape index (κ1) is 17.2. The van der Waals surface area contributed by atoms with Gasteiger partial charge < -0.3 is 5.11 Å². The smallest absolute Gasteiger partial charge is 0.327 e. The van der Waals surface area contributed by atoms with Gasteiger partial charge in [0.05, 0.1) is 4.91 Å². The molecule has 4 nitrogen and oxygen atoms in total. The van der Waals surface area contributed by atoms with Crippen molar-refractivity contribution < 1.29 is 14.7 Å². The number of nitrogens with zero attached hydrogens (tertiary/aromatic N) is 1. The lowest BCUT2D eigenvalue weighted by Crippen LogP contribution is -2.47. The van der Waals surface area contributed by atoms with Crippen molar-refractivity contribution in [1.29, 1.82) is 0 Å². The highest BCUT2D eigenvalue weighted by molar-refractivity contribution is 9.10. The monoisotopic (exact) mass is 399 g/mol. The molecule has 0 saturated carbocycles. The van der Waals surface area contributed by atoms with Crippen molar-refractivity contribution in [1.82, 2.24) is 4.90 Å². The molecule has 7 heteroatoms. The van der Waals surface area contributed by atoms with Crippen LogP contribution in [-0.4, -0.2) is 32.2 Å². The van der Waals surface area contributed by atoms with Crippen molar-refractivity contribution in [2.24, 2.45) is 5.92 Å². The lowest BCUT2D eigenvalue weighted by Gasteiger charge is -2.26. The number of aliphatic carboxylic acids is 1. The molecule has 0 spiro atoms. The van der Waals surface area contributed by atoms with Gasteiger partial charge in [0.25, 0.3) is 5.91 Å². The molecule has 0 bridgehead atoms. The zero-order valence-corrected chi connectivity index (χ0v) is 15.2. The Hall–Kier alpha value is -1.18. The van der Waals surface area contributed by atoms with Crippen LogP contribution in [0.4, 0.5) is 0 Å². The Morgan fingerprint density at radius 3 is 2.45 bits per heavy atom. The Morgan fingerprint density at radius 1 is 1.36 bits per heavy atom. The summed E-state index contributed by atoms with van der Waals surface area (Å²) in [4.78, 5) is 25.6. The van der Waals surface area contributed by atoms with Crippen LogP contribution in [0.2, 0.25) is 0 Å². The van der Waals surface area contributed by atoms with E-state index < -0.39 is 12.0 Å². The number of carboxylic acids is 1. The fraction of sp³-hybridized carbons (Fsp3) is 0.267. The van der Waals surface area contributed by atoms with Gasteiger partial charge >= 0.3 is 5.97 Å². The summed E-state index contributed by atoms with van der Waals surface area (Å²) in [6.45, 7) is 3.52. The van der Waals surface area contributed by atoms with Crippen LogP contribution in [-0.2, 0) is 9.59 Å². The number of carboxylic acid groups (broad SMARTS) is 1. The molecule has 1 atom stereocenters. The number of hydrogen-bond donors (Lipinski definition) is 1. The zero-order chi connectivity index (χ0) is 16.4. The van der Waals surface area contributed by atoms with Crippen molar-refractivity contribution in [3.8, 4) is 0 Å². The van der Waals surface area contributed by atoms with Crippen LogP contribution in [0.3, 0.4) is 0 Å². The molecule has 1 N–H and O–H groups in total. The highest BCUT2D eigenvalue weighted by Crippen LogP contribution is 2.35. The number of halogens is 1. The van der Waals surface area contributed by atoms with Gasteiger partial charge in [-0.05, 0) is 29.7 Å². The summed E-state index contributed by atoms with van der Waals surface area (Å²) in [5.74, 6) is -1.62. The van der Waals surface area contributed by atoms with Crippen LogP contribution in [0.1, 0.15) is 19.4 Å². The molecule has 0 aromatic heterocycles. The first-order valence-electron chi connectivity index (χ1n) is 6.56. The van der Waals surface area contributed by atoms with E-state index in [0.717, 1.165) is 21.8 Å². The number of carbonyl (C=O) groups excluding carboxylic acids is 1. The van der Waals surface area contributed by atoms with Gasteiger partial charge in [0.1, 0.15) is 10.4 Å². The highest BCUT2D eigenvalue weighted by Gasteiger charge is 2.41. The number of rotatable bonds is 4. The van der Waals surface area contributed by atoms with Gasteiger partial charge in [0.15, 0.2) is 0 Å². The number of thiocarbonyl (C=S) groups is 1. The van der Waals surface area contributed by atoms with E-state index in [9.17, 15) is 14.7 Å². The summed E-state index contributed by atoms with van der Waals surface area (Å²) in [6.07, 6.45) is 1.73. The van der Waals surface area contributed by atoms with Gasteiger partial charge in [-0.25, -0.2) is 4.79 Å². The van der Waals surface area contributed by atoms with Gasteiger partial charge in [-0.15, -0.1) is 0 Å². The van der Waals surface area contributed by atoms with Gasteiger partial charge in [-0.2, -0.15) is 0 Å². The third-order valence-corrected chi connectivity index (χ3v) is 5.01. The first-order chi connectivity index (χ1) is 10.3. The molecule has 0 unspecified atom stereocenters. The van der Waals surface area contributed by atoms with E-state index in [-0.39, 0.29) is 16.1 Å². The number of hydrogen-bond acceptors (Lipinski definition) is 4. The van der Waals surface area contributed by atoms with E-state index in [1.54, 1.807) is 19.9 Å². The highest BCUT2D eigenvalue weighted by atomic mass is 79.9. The average Bonchev–Trinajstić information content (AvgIpc) is 2.69. The van der Waals surface area contributed by atoms with Gasteiger partial charge in [0.2, 0.25) is 0 Å². The number of amides is 1. The molecular weight excluding hydrogens is 386 g/mol. The molecule has 1 aliphatic rings. The molecule has 1 aromatic rings. The Kier molecular flexibility index (Phi) is 5.41. The minimum atomic E-state index is -1.05. The normalized spacial score (nSPS) is 18.4. The van der Waals surface area contributed by atoms with Crippen LogP contribution in [0.15, 0.2) is 33.6 Å². The average molecular weight is 400 g/mol. The third-order valence-electron chi connectivity index (χ3n) is 3.15. The lowest BCUT2D eigenvalue weighted by molar-refractivity contribution is -0.146. The standard InChI is InChI=1S/C15H14BrNO3S2/c1-8(2)12(14(19)20)17-13(18)11(22-15(17)21)7-9-3-5-10(16)6-4-9/h3-8,12H,1-2H3,(H,19,20)/b11-7-/t12-/m1/s1. The molecule has 1 fully saturated rings. The first-order valence-corrected chi connectivity index (χ1v) is 8.58. The van der Waals surface area contributed by atoms with E-state index in [0.29, 0.717) is 4.91 Å². The molecular formula is C15H14BrNO3S2. The van der Waals surface area contributed by atoms with E-state index in [4.69, 9.17) is 12.2 Å². The molecule has 1 heterocycles. The number of thioether (sulfide) groups is 1. The predicted molar refractivity (Wildman–Crippen MR) is 95.4 cm³/mol. The van der Waals surface area contributed by atoms with Crippen molar-refractivity contribution in [2.45, 2.75) is 19.9 Å². The maximum absolute atomic E-state index is 12.5. The van der Waals surface area contributed by atoms with Crippen LogP contribution in [0, 0.1) is 5.92 Å². The third kappa shape index (κ3) is 3.59. The van der Waals surface area contributed by atoms with Crippen LogP contribution in [0.5, 0.6) is 0 Å². The summed E-state index contributed by atoms with van der Waals surface area (Å²) in [7, 11) is 0. The van der Waals surface area contributed by atoms with Gasteiger partial charge in [0, 0.05) is 4.47 Å². The summed E-state index contributed by atoms with van der Waals surface area (Å²) in [5.41, 5.74) is 0.861. The maximum Gasteiger partial charge on any atom is 0.327 e. The topological polar surface area (TPSA) is 57.6 Å². The van der Waals surface area contributed by atoms with Crippen molar-refractivity contribution in [3.63, 3.8) is 0 Å². The van der Waals surface area contributed by atoms with Crippen molar-refractivity contribution in [2.75, 3.05) is 0 Å². The summed E-state index contributed by atoms with van der Waals surface area (Å²) in [6, 6.07) is 6.55. The molecule has 0 radical (unpaired) electrons. The second-order valence-corrected chi connectivity index (χ2v) is 7.72.